The molecule has 1 heteroatoms. The third-order valence-corrected chi connectivity index (χ3v) is 2.74. The maximum atomic E-state index is 5.39. The molecule has 11 heavy (non-hydrogen) atoms. The van der Waals surface area contributed by atoms with Crippen LogP contribution in [0, 0.1) is 11.8 Å². The van der Waals surface area contributed by atoms with Gasteiger partial charge in [-0.1, -0.05) is 13.8 Å². The Morgan fingerprint density at radius 1 is 1.45 bits per heavy atom. The van der Waals surface area contributed by atoms with Crippen LogP contribution in [0.5, 0.6) is 0 Å². The lowest BCUT2D eigenvalue weighted by molar-refractivity contribution is -0.0944. The van der Waals surface area contributed by atoms with Gasteiger partial charge in [0.25, 0.3) is 0 Å². The Kier molecular flexibility index (Phi) is 2.58. The van der Waals surface area contributed by atoms with Crippen LogP contribution < -0.4 is 0 Å². The number of hydrogen-bond acceptors (Lipinski definition) is 1. The highest BCUT2D eigenvalue weighted by atomic mass is 16.5. The zero-order valence-electron chi connectivity index (χ0n) is 8.18. The molecule has 0 aromatic heterocycles. The van der Waals surface area contributed by atoms with Crippen LogP contribution in [-0.4, -0.2) is 12.7 Å². The summed E-state index contributed by atoms with van der Waals surface area (Å²) < 4.78 is 5.39. The van der Waals surface area contributed by atoms with Crippen LogP contribution >= 0.6 is 0 Å². The SMILES string of the molecule is COC1(C)CC(CC(C)C)C1. The number of ether oxygens (including phenoxy) is 1. The molecule has 0 aromatic rings. The Morgan fingerprint density at radius 3 is 2.36 bits per heavy atom. The standard InChI is InChI=1S/C10H20O/c1-8(2)5-9-6-10(3,7-9)11-4/h8-9H,5-7H2,1-4H3. The van der Waals surface area contributed by atoms with Crippen molar-refractivity contribution in [1.82, 2.24) is 0 Å². The van der Waals surface area contributed by atoms with E-state index >= 15 is 0 Å². The quantitative estimate of drug-likeness (QED) is 0.610. The molecule has 0 spiro atoms. The van der Waals surface area contributed by atoms with Crippen LogP contribution in [0.2, 0.25) is 0 Å². The molecule has 0 bridgehead atoms. The highest BCUT2D eigenvalue weighted by Gasteiger charge is 2.39. The molecule has 1 saturated carbocycles. The van der Waals surface area contributed by atoms with Crippen molar-refractivity contribution in [3.05, 3.63) is 0 Å². The fourth-order valence-electron chi connectivity index (χ4n) is 2.16. The van der Waals surface area contributed by atoms with Crippen LogP contribution in [0.1, 0.15) is 40.0 Å². The summed E-state index contributed by atoms with van der Waals surface area (Å²) >= 11 is 0. The van der Waals surface area contributed by atoms with E-state index in [2.05, 4.69) is 20.8 Å². The largest absolute Gasteiger partial charge is 0.379 e. The predicted octanol–water partition coefficient (Wildman–Crippen LogP) is 2.85. The number of methoxy groups -OCH3 is 1. The van der Waals surface area contributed by atoms with Crippen molar-refractivity contribution in [1.29, 1.82) is 0 Å². The van der Waals surface area contributed by atoms with Crippen molar-refractivity contribution < 1.29 is 4.74 Å². The van der Waals surface area contributed by atoms with Crippen LogP contribution in [0.25, 0.3) is 0 Å². The fourth-order valence-corrected chi connectivity index (χ4v) is 2.16. The molecule has 1 nitrogen and oxygen atoms in total. The second-order valence-corrected chi connectivity index (χ2v) is 4.56. The average Bonchev–Trinajstić information content (AvgIpc) is 1.83. The molecule has 0 heterocycles. The van der Waals surface area contributed by atoms with Gasteiger partial charge in [-0.05, 0) is 38.0 Å². The Balaban J connectivity index is 2.18. The van der Waals surface area contributed by atoms with Gasteiger partial charge in [0.05, 0.1) is 5.60 Å². The van der Waals surface area contributed by atoms with Crippen LogP contribution in [-0.2, 0) is 4.74 Å². The molecule has 66 valence electrons. The van der Waals surface area contributed by atoms with E-state index in [4.69, 9.17) is 4.74 Å². The van der Waals surface area contributed by atoms with E-state index in [-0.39, 0.29) is 5.60 Å². The number of rotatable bonds is 3. The molecule has 1 aliphatic carbocycles. The van der Waals surface area contributed by atoms with Gasteiger partial charge in [-0.2, -0.15) is 0 Å². The molecule has 0 unspecified atom stereocenters. The van der Waals surface area contributed by atoms with Crippen molar-refractivity contribution >= 4 is 0 Å². The Bertz CT molecular complexity index is 123. The van der Waals surface area contributed by atoms with Gasteiger partial charge in [-0.15, -0.1) is 0 Å². The van der Waals surface area contributed by atoms with Crippen LogP contribution in [0.15, 0.2) is 0 Å². The summed E-state index contributed by atoms with van der Waals surface area (Å²) in [5.74, 6) is 1.78. The molecule has 0 atom stereocenters. The summed E-state index contributed by atoms with van der Waals surface area (Å²) in [6.45, 7) is 6.80. The summed E-state index contributed by atoms with van der Waals surface area (Å²) in [4.78, 5) is 0. The van der Waals surface area contributed by atoms with Gasteiger partial charge in [0.2, 0.25) is 0 Å². The molecule has 0 radical (unpaired) electrons. The second-order valence-electron chi connectivity index (χ2n) is 4.56. The lowest BCUT2D eigenvalue weighted by atomic mass is 9.69. The monoisotopic (exact) mass is 156 g/mol. The van der Waals surface area contributed by atoms with Crippen molar-refractivity contribution in [2.24, 2.45) is 11.8 Å². The summed E-state index contributed by atoms with van der Waals surface area (Å²) in [6.07, 6.45) is 3.91. The minimum atomic E-state index is 0.222. The van der Waals surface area contributed by atoms with Gasteiger partial charge in [0.15, 0.2) is 0 Å². The smallest absolute Gasteiger partial charge is 0.0656 e. The molecule has 0 aromatic carbocycles. The minimum Gasteiger partial charge on any atom is -0.379 e. The fraction of sp³-hybridized carbons (Fsp3) is 1.00. The summed E-state index contributed by atoms with van der Waals surface area (Å²) in [6, 6.07) is 0. The molecule has 1 aliphatic rings. The normalized spacial score (nSPS) is 37.4. The van der Waals surface area contributed by atoms with Crippen LogP contribution in [0.4, 0.5) is 0 Å². The zero-order valence-corrected chi connectivity index (χ0v) is 8.18. The molecule has 0 amide bonds. The highest BCUT2D eigenvalue weighted by molar-refractivity contribution is 4.91. The molecular weight excluding hydrogens is 136 g/mol. The third-order valence-electron chi connectivity index (χ3n) is 2.74. The predicted molar refractivity (Wildman–Crippen MR) is 47.6 cm³/mol. The van der Waals surface area contributed by atoms with Crippen molar-refractivity contribution in [2.75, 3.05) is 7.11 Å². The van der Waals surface area contributed by atoms with E-state index in [1.54, 1.807) is 0 Å². The molecule has 0 N–H and O–H groups in total. The van der Waals surface area contributed by atoms with Crippen LogP contribution in [0.3, 0.4) is 0 Å². The zero-order chi connectivity index (χ0) is 8.48. The highest BCUT2D eigenvalue weighted by Crippen LogP contribution is 2.43. The van der Waals surface area contributed by atoms with E-state index in [0.29, 0.717) is 0 Å². The Labute approximate surface area is 70.1 Å². The van der Waals surface area contributed by atoms with E-state index in [1.165, 1.54) is 19.3 Å². The average molecular weight is 156 g/mol. The van der Waals surface area contributed by atoms with E-state index in [9.17, 15) is 0 Å². The third kappa shape index (κ3) is 2.19. The topological polar surface area (TPSA) is 9.23 Å². The summed E-state index contributed by atoms with van der Waals surface area (Å²) in [5, 5.41) is 0. The first-order valence-electron chi connectivity index (χ1n) is 4.61. The molecular formula is C10H20O. The first-order valence-corrected chi connectivity index (χ1v) is 4.61. The maximum absolute atomic E-state index is 5.39. The van der Waals surface area contributed by atoms with Gasteiger partial charge >= 0.3 is 0 Å². The minimum absolute atomic E-state index is 0.222. The summed E-state index contributed by atoms with van der Waals surface area (Å²) in [5.41, 5.74) is 0.222. The number of hydrogen-bond donors (Lipinski definition) is 0. The van der Waals surface area contributed by atoms with Gasteiger partial charge < -0.3 is 4.74 Å². The first kappa shape index (κ1) is 9.05. The van der Waals surface area contributed by atoms with Crippen molar-refractivity contribution in [3.8, 4) is 0 Å². The Hall–Kier alpha value is -0.0400. The maximum Gasteiger partial charge on any atom is 0.0656 e. The second kappa shape index (κ2) is 3.14. The van der Waals surface area contributed by atoms with Crippen molar-refractivity contribution in [2.45, 2.75) is 45.6 Å². The molecule has 1 fully saturated rings. The molecule has 1 rings (SSSR count). The van der Waals surface area contributed by atoms with E-state index in [0.717, 1.165) is 11.8 Å². The van der Waals surface area contributed by atoms with Gasteiger partial charge in [0, 0.05) is 7.11 Å². The van der Waals surface area contributed by atoms with E-state index < -0.39 is 0 Å². The first-order chi connectivity index (χ1) is 5.06. The lowest BCUT2D eigenvalue weighted by Gasteiger charge is -2.44. The Morgan fingerprint density at radius 2 is 2.00 bits per heavy atom. The van der Waals surface area contributed by atoms with Gasteiger partial charge in [-0.3, -0.25) is 0 Å². The van der Waals surface area contributed by atoms with Crippen molar-refractivity contribution in [3.63, 3.8) is 0 Å². The van der Waals surface area contributed by atoms with E-state index in [1.807, 2.05) is 7.11 Å². The molecule has 0 saturated heterocycles. The van der Waals surface area contributed by atoms with Gasteiger partial charge in [-0.25, -0.2) is 0 Å². The van der Waals surface area contributed by atoms with Gasteiger partial charge in [0.1, 0.15) is 0 Å². The summed E-state index contributed by atoms with van der Waals surface area (Å²) in [7, 11) is 1.82. The molecule has 0 aliphatic heterocycles. The lowest BCUT2D eigenvalue weighted by Crippen LogP contribution is -2.43.